The molecule has 2 heteroatoms. The first-order valence-electron chi connectivity index (χ1n) is 5.23. The lowest BCUT2D eigenvalue weighted by Gasteiger charge is -2.29. The Morgan fingerprint density at radius 1 is 1.29 bits per heavy atom. The van der Waals surface area contributed by atoms with Gasteiger partial charge in [0.2, 0.25) is 0 Å². The average molecular weight is 193 g/mol. The predicted molar refractivity (Wildman–Crippen MR) is 57.0 cm³/mol. The molecule has 1 fully saturated rings. The SMILES string of the molecule is CC(C)N(c1ccccc1F)C1CC1. The fourth-order valence-electron chi connectivity index (χ4n) is 1.91. The van der Waals surface area contributed by atoms with Crippen LogP contribution < -0.4 is 4.90 Å². The fraction of sp³-hybridized carbons (Fsp3) is 0.500. The highest BCUT2D eigenvalue weighted by Gasteiger charge is 2.31. The van der Waals surface area contributed by atoms with Crippen molar-refractivity contribution in [1.29, 1.82) is 0 Å². The molecule has 0 bridgehead atoms. The number of benzene rings is 1. The molecule has 1 aliphatic carbocycles. The second kappa shape index (κ2) is 3.60. The molecule has 1 saturated carbocycles. The topological polar surface area (TPSA) is 3.24 Å². The molecule has 76 valence electrons. The second-order valence-corrected chi connectivity index (χ2v) is 4.18. The van der Waals surface area contributed by atoms with Gasteiger partial charge >= 0.3 is 0 Å². The zero-order chi connectivity index (χ0) is 10.1. The minimum Gasteiger partial charge on any atom is -0.364 e. The lowest BCUT2D eigenvalue weighted by Crippen LogP contribution is -2.33. The fourth-order valence-corrected chi connectivity index (χ4v) is 1.91. The molecule has 0 saturated heterocycles. The number of nitrogens with zero attached hydrogens (tertiary/aromatic N) is 1. The van der Waals surface area contributed by atoms with Crippen molar-refractivity contribution in [2.45, 2.75) is 38.8 Å². The Balaban J connectivity index is 2.30. The van der Waals surface area contributed by atoms with Crippen LogP contribution in [0.1, 0.15) is 26.7 Å². The molecular formula is C12H16FN. The molecule has 1 nitrogen and oxygen atoms in total. The maximum Gasteiger partial charge on any atom is 0.146 e. The van der Waals surface area contributed by atoms with Crippen LogP contribution in [-0.2, 0) is 0 Å². The Morgan fingerprint density at radius 3 is 2.43 bits per heavy atom. The van der Waals surface area contributed by atoms with Gasteiger partial charge in [0.1, 0.15) is 5.82 Å². The molecule has 0 aliphatic heterocycles. The number of anilines is 1. The van der Waals surface area contributed by atoms with Crippen molar-refractivity contribution in [3.63, 3.8) is 0 Å². The van der Waals surface area contributed by atoms with E-state index in [2.05, 4.69) is 18.7 Å². The van der Waals surface area contributed by atoms with Crippen LogP contribution in [0.2, 0.25) is 0 Å². The third-order valence-electron chi connectivity index (χ3n) is 2.63. The van der Waals surface area contributed by atoms with Gasteiger partial charge in [-0.2, -0.15) is 0 Å². The van der Waals surface area contributed by atoms with Crippen LogP contribution in [0, 0.1) is 5.82 Å². The summed E-state index contributed by atoms with van der Waals surface area (Å²) in [4.78, 5) is 2.19. The van der Waals surface area contributed by atoms with Gasteiger partial charge in [-0.1, -0.05) is 12.1 Å². The molecule has 0 unspecified atom stereocenters. The summed E-state index contributed by atoms with van der Waals surface area (Å²) in [6.07, 6.45) is 2.40. The van der Waals surface area contributed by atoms with Crippen LogP contribution in [0.3, 0.4) is 0 Å². The summed E-state index contributed by atoms with van der Waals surface area (Å²) in [7, 11) is 0. The Hall–Kier alpha value is -1.05. The smallest absolute Gasteiger partial charge is 0.146 e. The molecule has 1 aliphatic rings. The molecule has 1 aromatic carbocycles. The van der Waals surface area contributed by atoms with E-state index in [4.69, 9.17) is 0 Å². The molecule has 2 rings (SSSR count). The maximum absolute atomic E-state index is 13.5. The predicted octanol–water partition coefficient (Wildman–Crippen LogP) is 3.20. The van der Waals surface area contributed by atoms with Gasteiger partial charge < -0.3 is 4.90 Å². The molecule has 0 amide bonds. The summed E-state index contributed by atoms with van der Waals surface area (Å²) in [5.41, 5.74) is 0.755. The highest BCUT2D eigenvalue weighted by atomic mass is 19.1. The van der Waals surface area contributed by atoms with Gasteiger partial charge in [-0.3, -0.25) is 0 Å². The van der Waals surface area contributed by atoms with Crippen molar-refractivity contribution in [1.82, 2.24) is 0 Å². The molecule has 0 radical (unpaired) electrons. The number of para-hydroxylation sites is 1. The van der Waals surface area contributed by atoms with Crippen molar-refractivity contribution in [2.75, 3.05) is 4.90 Å². The van der Waals surface area contributed by atoms with Crippen LogP contribution in [-0.4, -0.2) is 12.1 Å². The van der Waals surface area contributed by atoms with Crippen LogP contribution >= 0.6 is 0 Å². The van der Waals surface area contributed by atoms with Crippen molar-refractivity contribution in [3.8, 4) is 0 Å². The van der Waals surface area contributed by atoms with E-state index in [9.17, 15) is 4.39 Å². The van der Waals surface area contributed by atoms with Crippen molar-refractivity contribution >= 4 is 5.69 Å². The molecule has 0 heterocycles. The molecule has 0 atom stereocenters. The first-order chi connectivity index (χ1) is 6.70. The Labute approximate surface area is 84.5 Å². The molecule has 0 spiro atoms. The van der Waals surface area contributed by atoms with E-state index in [-0.39, 0.29) is 5.82 Å². The van der Waals surface area contributed by atoms with E-state index in [1.807, 2.05) is 12.1 Å². The largest absolute Gasteiger partial charge is 0.364 e. The van der Waals surface area contributed by atoms with Gasteiger partial charge in [0, 0.05) is 12.1 Å². The summed E-state index contributed by atoms with van der Waals surface area (Å²) >= 11 is 0. The van der Waals surface area contributed by atoms with E-state index >= 15 is 0 Å². The zero-order valence-electron chi connectivity index (χ0n) is 8.70. The van der Waals surface area contributed by atoms with Crippen LogP contribution in [0.15, 0.2) is 24.3 Å². The lowest BCUT2D eigenvalue weighted by molar-refractivity contribution is 0.597. The highest BCUT2D eigenvalue weighted by molar-refractivity contribution is 5.50. The van der Waals surface area contributed by atoms with Gasteiger partial charge in [0.15, 0.2) is 0 Å². The summed E-state index contributed by atoms with van der Waals surface area (Å²) in [5, 5.41) is 0. The third-order valence-corrected chi connectivity index (χ3v) is 2.63. The van der Waals surface area contributed by atoms with E-state index in [0.29, 0.717) is 12.1 Å². The molecule has 0 aromatic heterocycles. The van der Waals surface area contributed by atoms with E-state index in [1.54, 1.807) is 6.07 Å². The first kappa shape index (κ1) is 9.50. The zero-order valence-corrected chi connectivity index (χ0v) is 8.70. The molecule has 1 aromatic rings. The number of hydrogen-bond acceptors (Lipinski definition) is 1. The van der Waals surface area contributed by atoms with Gasteiger partial charge in [-0.05, 0) is 38.8 Å². The Morgan fingerprint density at radius 2 is 1.93 bits per heavy atom. The normalized spacial score (nSPS) is 16.0. The maximum atomic E-state index is 13.5. The first-order valence-corrected chi connectivity index (χ1v) is 5.23. The van der Waals surface area contributed by atoms with E-state index < -0.39 is 0 Å². The van der Waals surface area contributed by atoms with Crippen LogP contribution in [0.25, 0.3) is 0 Å². The number of halogens is 1. The molecular weight excluding hydrogens is 177 g/mol. The Bertz CT molecular complexity index is 316. The summed E-state index contributed by atoms with van der Waals surface area (Å²) in [5.74, 6) is -0.104. The second-order valence-electron chi connectivity index (χ2n) is 4.18. The van der Waals surface area contributed by atoms with Gasteiger partial charge in [0.25, 0.3) is 0 Å². The number of hydrogen-bond donors (Lipinski definition) is 0. The third kappa shape index (κ3) is 1.74. The van der Waals surface area contributed by atoms with Gasteiger partial charge in [-0.25, -0.2) is 4.39 Å². The van der Waals surface area contributed by atoms with Crippen molar-refractivity contribution in [2.24, 2.45) is 0 Å². The quantitative estimate of drug-likeness (QED) is 0.712. The van der Waals surface area contributed by atoms with Gasteiger partial charge in [-0.15, -0.1) is 0 Å². The average Bonchev–Trinajstić information content (AvgIpc) is 2.92. The van der Waals surface area contributed by atoms with Crippen LogP contribution in [0.4, 0.5) is 10.1 Å². The minimum absolute atomic E-state index is 0.104. The summed E-state index contributed by atoms with van der Waals surface area (Å²) in [6, 6.07) is 7.98. The monoisotopic (exact) mass is 193 g/mol. The van der Waals surface area contributed by atoms with Crippen molar-refractivity contribution in [3.05, 3.63) is 30.1 Å². The molecule has 14 heavy (non-hydrogen) atoms. The van der Waals surface area contributed by atoms with E-state index in [1.165, 1.54) is 18.9 Å². The summed E-state index contributed by atoms with van der Waals surface area (Å²) < 4.78 is 13.5. The van der Waals surface area contributed by atoms with E-state index in [0.717, 1.165) is 5.69 Å². The lowest BCUT2D eigenvalue weighted by atomic mass is 10.2. The highest BCUT2D eigenvalue weighted by Crippen LogP contribution is 2.34. The van der Waals surface area contributed by atoms with Crippen LogP contribution in [0.5, 0.6) is 0 Å². The Kier molecular flexibility index (Phi) is 2.44. The van der Waals surface area contributed by atoms with Crippen molar-refractivity contribution < 1.29 is 4.39 Å². The molecule has 0 N–H and O–H groups in total. The summed E-state index contributed by atoms with van der Waals surface area (Å²) in [6.45, 7) is 4.23. The number of rotatable bonds is 3. The minimum atomic E-state index is -0.104. The standard InChI is InChI=1S/C12H16FN/c1-9(2)14(10-7-8-10)12-6-4-3-5-11(12)13/h3-6,9-10H,7-8H2,1-2H3. The van der Waals surface area contributed by atoms with Gasteiger partial charge in [0.05, 0.1) is 5.69 Å².